The van der Waals surface area contributed by atoms with E-state index >= 15 is 0 Å². The molecule has 2 rings (SSSR count). The lowest BCUT2D eigenvalue weighted by atomic mass is 10.2. The van der Waals surface area contributed by atoms with Gasteiger partial charge in [0, 0.05) is 19.3 Å². The van der Waals surface area contributed by atoms with Crippen molar-refractivity contribution in [2.24, 2.45) is 0 Å². The second kappa shape index (κ2) is 6.35. The van der Waals surface area contributed by atoms with E-state index in [1.54, 1.807) is 6.92 Å². The zero-order chi connectivity index (χ0) is 15.6. The Kier molecular flexibility index (Phi) is 4.92. The van der Waals surface area contributed by atoms with Crippen molar-refractivity contribution in [2.75, 3.05) is 12.8 Å². The first-order valence-electron chi connectivity index (χ1n) is 6.47. The van der Waals surface area contributed by atoms with E-state index in [9.17, 15) is 18.3 Å². The Balaban J connectivity index is 2.22. The number of carbonyl (C=O) groups is 1. The average molecular weight is 330 g/mol. The Morgan fingerprint density at radius 3 is 2.62 bits per heavy atom. The quantitative estimate of drug-likeness (QED) is 0.878. The summed E-state index contributed by atoms with van der Waals surface area (Å²) in [6, 6.07) is 8.20. The summed E-state index contributed by atoms with van der Waals surface area (Å²) in [4.78, 5) is 11.2. The van der Waals surface area contributed by atoms with Gasteiger partial charge in [-0.2, -0.15) is 17.0 Å². The standard InChI is InChI=1S/C13H18N2O4S2/c1-10-15(12(9-20-10)13(16)17)21(18,19)14(2)8-11-6-4-3-5-7-11/h3-7,10,12H,8-9H2,1-2H3,(H,16,17). The Bertz CT molecular complexity index is 606. The summed E-state index contributed by atoms with van der Waals surface area (Å²) >= 11 is 1.33. The van der Waals surface area contributed by atoms with Crippen molar-refractivity contribution in [3.63, 3.8) is 0 Å². The Morgan fingerprint density at radius 2 is 2.05 bits per heavy atom. The van der Waals surface area contributed by atoms with Crippen LogP contribution in [0.2, 0.25) is 0 Å². The van der Waals surface area contributed by atoms with Crippen LogP contribution < -0.4 is 0 Å². The van der Waals surface area contributed by atoms with Crippen molar-refractivity contribution >= 4 is 27.9 Å². The number of hydrogen-bond donors (Lipinski definition) is 1. The van der Waals surface area contributed by atoms with Crippen molar-refractivity contribution in [1.29, 1.82) is 0 Å². The molecule has 2 atom stereocenters. The normalized spacial score (nSPS) is 23.6. The number of rotatable bonds is 5. The molecule has 1 saturated heterocycles. The molecule has 8 heteroatoms. The third-order valence-corrected chi connectivity index (χ3v) is 6.73. The van der Waals surface area contributed by atoms with Gasteiger partial charge in [-0.15, -0.1) is 11.8 Å². The molecule has 0 saturated carbocycles. The van der Waals surface area contributed by atoms with Crippen LogP contribution >= 0.6 is 11.8 Å². The highest BCUT2D eigenvalue weighted by Crippen LogP contribution is 2.32. The molecule has 1 heterocycles. The molecule has 1 aliphatic rings. The van der Waals surface area contributed by atoms with Gasteiger partial charge < -0.3 is 5.11 Å². The van der Waals surface area contributed by atoms with Crippen LogP contribution in [0, 0.1) is 0 Å². The summed E-state index contributed by atoms with van der Waals surface area (Å²) in [5, 5.41) is 8.82. The molecule has 1 aliphatic heterocycles. The van der Waals surface area contributed by atoms with Crippen LogP contribution in [0.4, 0.5) is 0 Å². The fraction of sp³-hybridized carbons (Fsp3) is 0.462. The molecule has 1 aromatic rings. The van der Waals surface area contributed by atoms with E-state index in [1.807, 2.05) is 30.3 Å². The molecule has 0 bridgehead atoms. The summed E-state index contributed by atoms with van der Waals surface area (Å²) < 4.78 is 27.6. The molecule has 21 heavy (non-hydrogen) atoms. The van der Waals surface area contributed by atoms with E-state index in [2.05, 4.69) is 0 Å². The second-order valence-electron chi connectivity index (χ2n) is 4.87. The van der Waals surface area contributed by atoms with Gasteiger partial charge in [0.1, 0.15) is 6.04 Å². The average Bonchev–Trinajstić information content (AvgIpc) is 2.82. The minimum absolute atomic E-state index is 0.212. The van der Waals surface area contributed by atoms with Crippen LogP contribution in [0.3, 0.4) is 0 Å². The molecule has 116 valence electrons. The first-order valence-corrected chi connectivity index (χ1v) is 8.91. The van der Waals surface area contributed by atoms with Gasteiger partial charge in [0.25, 0.3) is 10.2 Å². The third-order valence-electron chi connectivity index (χ3n) is 3.35. The minimum Gasteiger partial charge on any atom is -0.480 e. The van der Waals surface area contributed by atoms with Crippen molar-refractivity contribution in [3.8, 4) is 0 Å². The molecule has 6 nitrogen and oxygen atoms in total. The maximum atomic E-state index is 12.6. The number of aliphatic carboxylic acids is 1. The Labute approximate surface area is 128 Å². The van der Waals surface area contributed by atoms with Crippen LogP contribution in [0.15, 0.2) is 30.3 Å². The van der Waals surface area contributed by atoms with Gasteiger partial charge in [0.05, 0.1) is 5.37 Å². The number of nitrogens with zero attached hydrogens (tertiary/aromatic N) is 2. The summed E-state index contributed by atoms with van der Waals surface area (Å²) in [6.45, 7) is 1.92. The lowest BCUT2D eigenvalue weighted by molar-refractivity contribution is -0.140. The number of hydrogen-bond acceptors (Lipinski definition) is 4. The maximum Gasteiger partial charge on any atom is 0.322 e. The van der Waals surface area contributed by atoms with E-state index in [-0.39, 0.29) is 17.7 Å². The van der Waals surface area contributed by atoms with E-state index in [0.29, 0.717) is 0 Å². The smallest absolute Gasteiger partial charge is 0.322 e. The van der Waals surface area contributed by atoms with Crippen molar-refractivity contribution < 1.29 is 18.3 Å². The van der Waals surface area contributed by atoms with Gasteiger partial charge in [0.2, 0.25) is 0 Å². The Morgan fingerprint density at radius 1 is 1.43 bits per heavy atom. The third kappa shape index (κ3) is 3.39. The highest BCUT2D eigenvalue weighted by molar-refractivity contribution is 8.01. The molecule has 0 aliphatic carbocycles. The van der Waals surface area contributed by atoms with E-state index in [0.717, 1.165) is 9.87 Å². The van der Waals surface area contributed by atoms with Gasteiger partial charge in [0.15, 0.2) is 0 Å². The van der Waals surface area contributed by atoms with Crippen LogP contribution in [0.25, 0.3) is 0 Å². The highest BCUT2D eigenvalue weighted by Gasteiger charge is 2.45. The molecule has 1 N–H and O–H groups in total. The van der Waals surface area contributed by atoms with Gasteiger partial charge in [-0.3, -0.25) is 4.79 Å². The lowest BCUT2D eigenvalue weighted by Crippen LogP contribution is -2.50. The molecule has 0 radical (unpaired) electrons. The molecular weight excluding hydrogens is 312 g/mol. The minimum atomic E-state index is -3.82. The zero-order valence-electron chi connectivity index (χ0n) is 11.8. The summed E-state index contributed by atoms with van der Waals surface area (Å²) in [5.41, 5.74) is 0.856. The number of benzene rings is 1. The van der Waals surface area contributed by atoms with Crippen LogP contribution in [0.5, 0.6) is 0 Å². The van der Waals surface area contributed by atoms with Gasteiger partial charge >= 0.3 is 5.97 Å². The fourth-order valence-corrected chi connectivity index (χ4v) is 5.40. The fourth-order valence-electron chi connectivity index (χ4n) is 2.24. The molecule has 2 unspecified atom stereocenters. The predicted octanol–water partition coefficient (Wildman–Crippen LogP) is 1.21. The number of thioether (sulfide) groups is 1. The van der Waals surface area contributed by atoms with E-state index in [1.165, 1.54) is 23.1 Å². The van der Waals surface area contributed by atoms with E-state index < -0.39 is 22.2 Å². The van der Waals surface area contributed by atoms with Crippen LogP contribution in [-0.4, -0.2) is 52.3 Å². The number of carboxylic acids is 1. The number of carboxylic acid groups (broad SMARTS) is 1. The maximum absolute atomic E-state index is 12.6. The monoisotopic (exact) mass is 330 g/mol. The van der Waals surface area contributed by atoms with Gasteiger partial charge in [-0.1, -0.05) is 30.3 Å². The topological polar surface area (TPSA) is 77.9 Å². The van der Waals surface area contributed by atoms with Gasteiger partial charge in [-0.25, -0.2) is 0 Å². The first-order chi connectivity index (χ1) is 9.84. The molecule has 1 fully saturated rings. The van der Waals surface area contributed by atoms with Crippen molar-refractivity contribution in [2.45, 2.75) is 24.9 Å². The molecule has 0 spiro atoms. The highest BCUT2D eigenvalue weighted by atomic mass is 32.2. The van der Waals surface area contributed by atoms with Crippen LogP contribution in [0.1, 0.15) is 12.5 Å². The summed E-state index contributed by atoms with van der Waals surface area (Å²) in [5.74, 6) is -0.835. The van der Waals surface area contributed by atoms with Crippen LogP contribution in [-0.2, 0) is 21.5 Å². The SMILES string of the molecule is CC1SCC(C(=O)O)N1S(=O)(=O)N(C)Cc1ccccc1. The van der Waals surface area contributed by atoms with Crippen molar-refractivity contribution in [3.05, 3.63) is 35.9 Å². The molecular formula is C13H18N2O4S2. The largest absolute Gasteiger partial charge is 0.480 e. The first kappa shape index (κ1) is 16.3. The van der Waals surface area contributed by atoms with E-state index in [4.69, 9.17) is 0 Å². The molecule has 0 aromatic heterocycles. The Hall–Kier alpha value is -1.09. The summed E-state index contributed by atoms with van der Waals surface area (Å²) in [6.07, 6.45) is 0. The second-order valence-corrected chi connectivity index (χ2v) is 8.16. The van der Waals surface area contributed by atoms with Gasteiger partial charge in [-0.05, 0) is 12.5 Å². The van der Waals surface area contributed by atoms with Crippen molar-refractivity contribution in [1.82, 2.24) is 8.61 Å². The predicted molar refractivity (Wildman–Crippen MR) is 82.0 cm³/mol. The molecule has 0 amide bonds. The lowest BCUT2D eigenvalue weighted by Gasteiger charge is -2.29. The summed E-state index contributed by atoms with van der Waals surface area (Å²) in [7, 11) is -2.35. The zero-order valence-corrected chi connectivity index (χ0v) is 13.5. The molecule has 1 aromatic carbocycles.